The van der Waals surface area contributed by atoms with Gasteiger partial charge in [-0.3, -0.25) is 0 Å². The SMILES string of the molecule is CC1Cc2ccccc2N1CCCN1CCNCC1. The fraction of sp³-hybridized carbons (Fsp3) is 0.625. The van der Waals surface area contributed by atoms with Gasteiger partial charge in [0.25, 0.3) is 0 Å². The molecule has 0 aromatic heterocycles. The van der Waals surface area contributed by atoms with Crippen molar-refractivity contribution in [2.75, 3.05) is 44.2 Å². The van der Waals surface area contributed by atoms with Crippen molar-refractivity contribution in [2.24, 2.45) is 0 Å². The molecular weight excluding hydrogens is 234 g/mol. The van der Waals surface area contributed by atoms with Crippen molar-refractivity contribution in [1.29, 1.82) is 0 Å². The Kier molecular flexibility index (Phi) is 4.04. The molecule has 3 heteroatoms. The van der Waals surface area contributed by atoms with Gasteiger partial charge in [0.15, 0.2) is 0 Å². The van der Waals surface area contributed by atoms with E-state index in [9.17, 15) is 0 Å². The van der Waals surface area contributed by atoms with Gasteiger partial charge in [0.05, 0.1) is 0 Å². The van der Waals surface area contributed by atoms with E-state index in [-0.39, 0.29) is 0 Å². The van der Waals surface area contributed by atoms with Gasteiger partial charge in [-0.1, -0.05) is 18.2 Å². The maximum absolute atomic E-state index is 3.41. The molecule has 0 bridgehead atoms. The van der Waals surface area contributed by atoms with Crippen LogP contribution in [0, 0.1) is 0 Å². The molecule has 104 valence electrons. The predicted molar refractivity (Wildman–Crippen MR) is 80.9 cm³/mol. The first-order valence-corrected chi connectivity index (χ1v) is 7.62. The highest BCUT2D eigenvalue weighted by atomic mass is 15.2. The molecule has 2 aliphatic heterocycles. The fourth-order valence-corrected chi connectivity index (χ4v) is 3.37. The molecule has 1 aromatic rings. The molecule has 0 radical (unpaired) electrons. The largest absolute Gasteiger partial charge is 0.368 e. The second kappa shape index (κ2) is 5.93. The number of piperazine rings is 1. The Morgan fingerprint density at radius 2 is 1.95 bits per heavy atom. The average Bonchev–Trinajstić information content (AvgIpc) is 2.76. The molecule has 0 aliphatic carbocycles. The van der Waals surface area contributed by atoms with Gasteiger partial charge in [-0.05, 0) is 37.9 Å². The van der Waals surface area contributed by atoms with Gasteiger partial charge in [-0.25, -0.2) is 0 Å². The van der Waals surface area contributed by atoms with E-state index in [1.54, 1.807) is 0 Å². The van der Waals surface area contributed by atoms with E-state index in [4.69, 9.17) is 0 Å². The first-order chi connectivity index (χ1) is 9.34. The third-order valence-corrected chi connectivity index (χ3v) is 4.43. The molecule has 1 saturated heterocycles. The average molecular weight is 259 g/mol. The topological polar surface area (TPSA) is 18.5 Å². The lowest BCUT2D eigenvalue weighted by atomic mass is 10.1. The number of hydrogen-bond donors (Lipinski definition) is 1. The summed E-state index contributed by atoms with van der Waals surface area (Å²) in [5.74, 6) is 0. The number of rotatable bonds is 4. The van der Waals surface area contributed by atoms with Gasteiger partial charge in [-0.15, -0.1) is 0 Å². The van der Waals surface area contributed by atoms with Crippen molar-refractivity contribution in [3.8, 4) is 0 Å². The van der Waals surface area contributed by atoms with Crippen LogP contribution in [-0.2, 0) is 6.42 Å². The van der Waals surface area contributed by atoms with E-state index in [1.165, 1.54) is 50.3 Å². The molecule has 19 heavy (non-hydrogen) atoms. The summed E-state index contributed by atoms with van der Waals surface area (Å²) in [6.07, 6.45) is 2.49. The zero-order chi connectivity index (χ0) is 13.1. The summed E-state index contributed by atoms with van der Waals surface area (Å²) >= 11 is 0. The highest BCUT2D eigenvalue weighted by Crippen LogP contribution is 2.31. The standard InChI is InChI=1S/C16H25N3/c1-14-13-15-5-2-3-6-16(15)19(14)10-4-9-18-11-7-17-8-12-18/h2-3,5-6,14,17H,4,7-13H2,1H3. The van der Waals surface area contributed by atoms with Crippen molar-refractivity contribution in [1.82, 2.24) is 10.2 Å². The maximum atomic E-state index is 3.41. The Balaban J connectivity index is 1.52. The molecule has 3 nitrogen and oxygen atoms in total. The van der Waals surface area contributed by atoms with E-state index >= 15 is 0 Å². The van der Waals surface area contributed by atoms with Gasteiger partial charge in [-0.2, -0.15) is 0 Å². The summed E-state index contributed by atoms with van der Waals surface area (Å²) in [7, 11) is 0. The van der Waals surface area contributed by atoms with E-state index in [0.717, 1.165) is 13.1 Å². The fourth-order valence-electron chi connectivity index (χ4n) is 3.37. The summed E-state index contributed by atoms with van der Waals surface area (Å²) in [5.41, 5.74) is 2.99. The minimum Gasteiger partial charge on any atom is -0.368 e. The minimum absolute atomic E-state index is 0.667. The molecular formula is C16H25N3. The van der Waals surface area contributed by atoms with E-state index in [0.29, 0.717) is 6.04 Å². The second-order valence-electron chi connectivity index (χ2n) is 5.82. The number of para-hydroxylation sites is 1. The Morgan fingerprint density at radius 3 is 2.79 bits per heavy atom. The van der Waals surface area contributed by atoms with Crippen LogP contribution in [0.1, 0.15) is 18.9 Å². The Labute approximate surface area is 116 Å². The first kappa shape index (κ1) is 12.9. The van der Waals surface area contributed by atoms with Crippen LogP contribution < -0.4 is 10.2 Å². The second-order valence-corrected chi connectivity index (χ2v) is 5.82. The molecule has 0 spiro atoms. The monoisotopic (exact) mass is 259 g/mol. The van der Waals surface area contributed by atoms with E-state index < -0.39 is 0 Å². The minimum atomic E-state index is 0.667. The molecule has 1 aromatic carbocycles. The van der Waals surface area contributed by atoms with E-state index in [2.05, 4.69) is 46.3 Å². The number of fused-ring (bicyclic) bond motifs is 1. The first-order valence-electron chi connectivity index (χ1n) is 7.62. The molecule has 1 atom stereocenters. The third-order valence-electron chi connectivity index (χ3n) is 4.43. The van der Waals surface area contributed by atoms with Crippen LogP contribution in [0.4, 0.5) is 5.69 Å². The lowest BCUT2D eigenvalue weighted by Crippen LogP contribution is -2.44. The zero-order valence-electron chi connectivity index (χ0n) is 11.9. The van der Waals surface area contributed by atoms with Gasteiger partial charge < -0.3 is 15.1 Å². The molecule has 0 saturated carbocycles. The van der Waals surface area contributed by atoms with Gasteiger partial charge in [0, 0.05) is 44.5 Å². The van der Waals surface area contributed by atoms with Crippen LogP contribution in [0.25, 0.3) is 0 Å². The Bertz CT molecular complexity index is 412. The van der Waals surface area contributed by atoms with Crippen LogP contribution in [0.15, 0.2) is 24.3 Å². The number of benzene rings is 1. The van der Waals surface area contributed by atoms with Crippen molar-refractivity contribution in [3.63, 3.8) is 0 Å². The van der Waals surface area contributed by atoms with Crippen LogP contribution in [0.2, 0.25) is 0 Å². The van der Waals surface area contributed by atoms with Crippen molar-refractivity contribution in [3.05, 3.63) is 29.8 Å². The summed E-state index contributed by atoms with van der Waals surface area (Å²) in [6, 6.07) is 9.56. The van der Waals surface area contributed by atoms with Crippen molar-refractivity contribution >= 4 is 5.69 Å². The maximum Gasteiger partial charge on any atom is 0.0402 e. The summed E-state index contributed by atoms with van der Waals surface area (Å²) in [5, 5.41) is 3.41. The van der Waals surface area contributed by atoms with E-state index in [1.807, 2.05) is 0 Å². The molecule has 1 fully saturated rings. The van der Waals surface area contributed by atoms with Crippen LogP contribution >= 0.6 is 0 Å². The van der Waals surface area contributed by atoms with Crippen LogP contribution in [0.5, 0.6) is 0 Å². The molecule has 2 heterocycles. The van der Waals surface area contributed by atoms with Crippen LogP contribution in [-0.4, -0.2) is 50.2 Å². The summed E-state index contributed by atoms with van der Waals surface area (Å²) in [6.45, 7) is 9.53. The number of anilines is 1. The lowest BCUT2D eigenvalue weighted by Gasteiger charge is -2.29. The highest BCUT2D eigenvalue weighted by molar-refractivity contribution is 5.59. The highest BCUT2D eigenvalue weighted by Gasteiger charge is 2.24. The molecule has 0 amide bonds. The quantitative estimate of drug-likeness (QED) is 0.888. The Morgan fingerprint density at radius 1 is 1.16 bits per heavy atom. The molecule has 2 aliphatic rings. The Hall–Kier alpha value is -1.06. The van der Waals surface area contributed by atoms with Gasteiger partial charge in [0.1, 0.15) is 0 Å². The van der Waals surface area contributed by atoms with Gasteiger partial charge >= 0.3 is 0 Å². The zero-order valence-corrected chi connectivity index (χ0v) is 11.9. The molecule has 3 rings (SSSR count). The van der Waals surface area contributed by atoms with Crippen molar-refractivity contribution < 1.29 is 0 Å². The summed E-state index contributed by atoms with van der Waals surface area (Å²) < 4.78 is 0. The van der Waals surface area contributed by atoms with Gasteiger partial charge in [0.2, 0.25) is 0 Å². The predicted octanol–water partition coefficient (Wildman–Crippen LogP) is 1.73. The number of nitrogens with one attached hydrogen (secondary N) is 1. The third kappa shape index (κ3) is 2.93. The van der Waals surface area contributed by atoms with Crippen LogP contribution in [0.3, 0.4) is 0 Å². The normalized spacial score (nSPS) is 23.6. The number of hydrogen-bond acceptors (Lipinski definition) is 3. The number of nitrogens with zero attached hydrogens (tertiary/aromatic N) is 2. The molecule has 1 unspecified atom stereocenters. The smallest absolute Gasteiger partial charge is 0.0402 e. The lowest BCUT2D eigenvalue weighted by molar-refractivity contribution is 0.239. The summed E-state index contributed by atoms with van der Waals surface area (Å²) in [4.78, 5) is 5.18. The molecule has 1 N–H and O–H groups in total. The van der Waals surface area contributed by atoms with Crippen molar-refractivity contribution in [2.45, 2.75) is 25.8 Å².